The summed E-state index contributed by atoms with van der Waals surface area (Å²) in [5, 5.41) is 3.59. The monoisotopic (exact) mass is 505 g/mol. The van der Waals surface area contributed by atoms with Crippen molar-refractivity contribution in [2.75, 3.05) is 6.61 Å². The van der Waals surface area contributed by atoms with Gasteiger partial charge in [-0.2, -0.15) is 0 Å². The third kappa shape index (κ3) is 6.82. The van der Waals surface area contributed by atoms with Crippen LogP contribution in [0.15, 0.2) is 12.1 Å². The minimum Gasteiger partial charge on any atom is -0.460 e. The van der Waals surface area contributed by atoms with Gasteiger partial charge in [-0.25, -0.2) is 4.39 Å². The molecule has 1 saturated heterocycles. The molecule has 3 rings (SSSR count). The van der Waals surface area contributed by atoms with Gasteiger partial charge in [-0.05, 0) is 65.0 Å². The van der Waals surface area contributed by atoms with Crippen molar-refractivity contribution in [3.8, 4) is 0 Å². The summed E-state index contributed by atoms with van der Waals surface area (Å²) in [5.41, 5.74) is 5.88. The number of primary amides is 1. The number of benzene rings is 1. The van der Waals surface area contributed by atoms with Crippen LogP contribution < -0.4 is 11.1 Å². The lowest BCUT2D eigenvalue weighted by Gasteiger charge is -2.34. The molecule has 3 N–H and O–H groups in total. The number of nitrogens with zero attached hydrogens (tertiary/aromatic N) is 1. The van der Waals surface area contributed by atoms with Crippen LogP contribution in [0.1, 0.15) is 88.2 Å². The number of fused-ring (bicyclic) bond motifs is 1. The average molecular weight is 506 g/mol. The Kier molecular flexibility index (Phi) is 9.11. The van der Waals surface area contributed by atoms with Crippen molar-refractivity contribution >= 4 is 17.8 Å². The summed E-state index contributed by atoms with van der Waals surface area (Å²) in [6.07, 6.45) is 3.06. The Hall–Kier alpha value is -2.52. The highest BCUT2D eigenvalue weighted by Gasteiger charge is 2.38. The predicted molar refractivity (Wildman–Crippen MR) is 134 cm³/mol. The quantitative estimate of drug-likeness (QED) is 0.473. The normalized spacial score (nSPS) is 21.7. The molecule has 0 radical (unpaired) electrons. The highest BCUT2D eigenvalue weighted by atomic mass is 19.1. The number of hydrogen-bond acceptors (Lipinski definition) is 6. The van der Waals surface area contributed by atoms with Crippen LogP contribution >= 0.6 is 0 Å². The first-order valence-electron chi connectivity index (χ1n) is 12.9. The van der Waals surface area contributed by atoms with Gasteiger partial charge in [0.05, 0.1) is 12.6 Å². The van der Waals surface area contributed by atoms with Gasteiger partial charge in [-0.1, -0.05) is 13.0 Å². The zero-order valence-corrected chi connectivity index (χ0v) is 22.1. The maximum Gasteiger partial charge on any atom is 0.306 e. The Morgan fingerprint density at radius 1 is 1.33 bits per heavy atom. The second-order valence-electron chi connectivity index (χ2n) is 10.9. The van der Waals surface area contributed by atoms with E-state index in [0.29, 0.717) is 24.6 Å². The lowest BCUT2D eigenvalue weighted by Crippen LogP contribution is -2.48. The summed E-state index contributed by atoms with van der Waals surface area (Å²) in [6, 6.07) is 2.68. The van der Waals surface area contributed by atoms with Gasteiger partial charge in [-0.15, -0.1) is 0 Å². The molecule has 2 aliphatic rings. The summed E-state index contributed by atoms with van der Waals surface area (Å²) >= 11 is 0. The second kappa shape index (κ2) is 11.7. The predicted octanol–water partition coefficient (Wildman–Crippen LogP) is 3.24. The van der Waals surface area contributed by atoms with Gasteiger partial charge in [0, 0.05) is 42.7 Å². The van der Waals surface area contributed by atoms with Crippen molar-refractivity contribution in [2.45, 2.75) is 110 Å². The molecule has 4 atom stereocenters. The first kappa shape index (κ1) is 28.1. The molecule has 0 aromatic heterocycles. The average Bonchev–Trinajstić information content (AvgIpc) is 3.12. The van der Waals surface area contributed by atoms with E-state index >= 15 is 4.39 Å². The fourth-order valence-corrected chi connectivity index (χ4v) is 4.86. The first-order valence-corrected chi connectivity index (χ1v) is 12.9. The van der Waals surface area contributed by atoms with E-state index in [4.69, 9.17) is 15.2 Å². The molecule has 200 valence electrons. The van der Waals surface area contributed by atoms with E-state index < -0.39 is 35.2 Å². The molecular formula is C27H40FN3O5. The van der Waals surface area contributed by atoms with E-state index in [1.165, 1.54) is 4.90 Å². The lowest BCUT2D eigenvalue weighted by atomic mass is 9.93. The van der Waals surface area contributed by atoms with E-state index in [-0.39, 0.29) is 42.7 Å². The maximum absolute atomic E-state index is 15.7. The Balaban J connectivity index is 1.74. The minimum atomic E-state index is -1.04. The molecule has 1 aromatic rings. The van der Waals surface area contributed by atoms with Gasteiger partial charge in [0.2, 0.25) is 5.91 Å². The van der Waals surface area contributed by atoms with Crippen molar-refractivity contribution in [2.24, 2.45) is 5.73 Å². The number of nitrogens with two attached hydrogens (primary N) is 1. The van der Waals surface area contributed by atoms with Crippen molar-refractivity contribution in [1.29, 1.82) is 0 Å². The van der Waals surface area contributed by atoms with Crippen molar-refractivity contribution in [3.63, 3.8) is 0 Å². The minimum absolute atomic E-state index is 0.0112. The Bertz CT molecular complexity index is 977. The molecule has 0 bridgehead atoms. The number of carbonyl (C=O) groups excluding carboxylic acids is 3. The van der Waals surface area contributed by atoms with Crippen LogP contribution in [0.2, 0.25) is 0 Å². The highest BCUT2D eigenvalue weighted by Crippen LogP contribution is 2.31. The molecule has 1 aromatic carbocycles. The van der Waals surface area contributed by atoms with Crippen molar-refractivity contribution in [1.82, 2.24) is 10.2 Å². The summed E-state index contributed by atoms with van der Waals surface area (Å²) in [5.74, 6) is -2.14. The molecule has 8 nitrogen and oxygen atoms in total. The third-order valence-corrected chi connectivity index (χ3v) is 6.86. The van der Waals surface area contributed by atoms with Gasteiger partial charge in [-0.3, -0.25) is 14.4 Å². The zero-order valence-electron chi connectivity index (χ0n) is 22.1. The number of carbonyl (C=O) groups is 3. The van der Waals surface area contributed by atoms with Gasteiger partial charge in [0.25, 0.3) is 5.91 Å². The van der Waals surface area contributed by atoms with Crippen LogP contribution in [0.25, 0.3) is 0 Å². The smallest absolute Gasteiger partial charge is 0.306 e. The molecule has 2 amide bonds. The van der Waals surface area contributed by atoms with Crippen molar-refractivity contribution in [3.05, 3.63) is 34.6 Å². The molecule has 2 heterocycles. The van der Waals surface area contributed by atoms with E-state index in [1.807, 2.05) is 0 Å². The largest absolute Gasteiger partial charge is 0.460 e. The Morgan fingerprint density at radius 2 is 2.06 bits per heavy atom. The molecule has 0 aliphatic carbocycles. The van der Waals surface area contributed by atoms with Gasteiger partial charge in [0.15, 0.2) is 0 Å². The topological polar surface area (TPSA) is 111 Å². The molecule has 9 heteroatoms. The summed E-state index contributed by atoms with van der Waals surface area (Å²) < 4.78 is 26.9. The van der Waals surface area contributed by atoms with E-state index in [9.17, 15) is 14.4 Å². The number of nitrogens with one attached hydrogen (secondary N) is 1. The first-order chi connectivity index (χ1) is 16.9. The number of rotatable bonds is 10. The summed E-state index contributed by atoms with van der Waals surface area (Å²) in [4.78, 5) is 38.7. The van der Waals surface area contributed by atoms with Crippen LogP contribution in [0.3, 0.4) is 0 Å². The van der Waals surface area contributed by atoms with Gasteiger partial charge in [0.1, 0.15) is 17.5 Å². The van der Waals surface area contributed by atoms with Crippen molar-refractivity contribution < 1.29 is 28.2 Å². The molecule has 1 fully saturated rings. The zero-order chi connectivity index (χ0) is 26.6. The number of esters is 1. The molecular weight excluding hydrogens is 465 g/mol. The number of ether oxygens (including phenoxy) is 2. The van der Waals surface area contributed by atoms with Gasteiger partial charge >= 0.3 is 5.97 Å². The number of hydrogen-bond donors (Lipinski definition) is 2. The van der Waals surface area contributed by atoms with E-state index in [1.54, 1.807) is 32.9 Å². The molecule has 0 spiro atoms. The second-order valence-corrected chi connectivity index (χ2v) is 10.9. The fraction of sp³-hybridized carbons (Fsp3) is 0.667. The fourth-order valence-electron chi connectivity index (χ4n) is 4.86. The SMILES string of the molecule is CC[C@H](C)N[C@H]1CCCO[C@@H]1Cc1ccc2c(c1F)CN([C@@H](CCC(=O)OC(C)(C)C)C(N)=O)C2=O. The number of amides is 2. The van der Waals surface area contributed by atoms with Gasteiger partial charge < -0.3 is 25.4 Å². The Labute approximate surface area is 213 Å². The highest BCUT2D eigenvalue weighted by molar-refractivity contribution is 6.01. The molecule has 0 unspecified atom stereocenters. The third-order valence-electron chi connectivity index (χ3n) is 6.86. The summed E-state index contributed by atoms with van der Waals surface area (Å²) in [7, 11) is 0. The molecule has 36 heavy (non-hydrogen) atoms. The van der Waals surface area contributed by atoms with Crippen LogP contribution in [0.4, 0.5) is 4.39 Å². The molecule has 2 aliphatic heterocycles. The van der Waals surface area contributed by atoms with Crippen LogP contribution in [-0.4, -0.2) is 59.1 Å². The van der Waals surface area contributed by atoms with E-state index in [0.717, 1.165) is 19.3 Å². The molecule has 0 saturated carbocycles. The lowest BCUT2D eigenvalue weighted by molar-refractivity contribution is -0.155. The van der Waals surface area contributed by atoms with Crippen LogP contribution in [0, 0.1) is 5.82 Å². The number of halogens is 1. The summed E-state index contributed by atoms with van der Waals surface area (Å²) in [6.45, 7) is 10.1. The van der Waals surface area contributed by atoms with E-state index in [2.05, 4.69) is 19.2 Å². The maximum atomic E-state index is 15.7. The standard InChI is InChI=1S/C27H40FN3O5/c1-6-16(2)30-20-8-7-13-35-22(20)14-17-9-10-18-19(24(17)28)15-31(26(18)34)21(25(29)33)11-12-23(32)36-27(3,4)5/h9-10,16,20-22,30H,6-8,11-15H2,1-5H3,(H2,29,33)/t16-,20-,21-,22+/m0/s1. The van der Waals surface area contributed by atoms with Crippen LogP contribution in [0.5, 0.6) is 0 Å². The Morgan fingerprint density at radius 3 is 2.69 bits per heavy atom. The van der Waals surface area contributed by atoms with Crippen LogP contribution in [-0.2, 0) is 32.0 Å².